The fraction of sp³-hybridized carbons (Fsp3) is 0.276. The lowest BCUT2D eigenvalue weighted by Crippen LogP contribution is -2.47. The highest BCUT2D eigenvalue weighted by molar-refractivity contribution is 7.09. The molecule has 206 valence electrons. The molecule has 3 amide bonds. The number of nitrogens with two attached hydrogens (primary N) is 2. The van der Waals surface area contributed by atoms with Crippen LogP contribution in [0.1, 0.15) is 63.9 Å². The Bertz CT molecular complexity index is 1570. The lowest BCUT2D eigenvalue weighted by Gasteiger charge is -2.34. The van der Waals surface area contributed by atoms with Crippen LogP contribution in [0.3, 0.4) is 0 Å². The zero-order valence-corrected chi connectivity index (χ0v) is 22.8. The Labute approximate surface area is 235 Å². The molecular weight excluding hydrogens is 528 g/mol. The summed E-state index contributed by atoms with van der Waals surface area (Å²) in [6.45, 7) is 0. The minimum absolute atomic E-state index is 0.00220. The van der Waals surface area contributed by atoms with Crippen LogP contribution in [0.25, 0.3) is 10.9 Å². The summed E-state index contributed by atoms with van der Waals surface area (Å²) in [6, 6.07) is 15.0. The van der Waals surface area contributed by atoms with Crippen LogP contribution in [-0.2, 0) is 4.79 Å². The topological polar surface area (TPSA) is 154 Å². The molecule has 0 saturated heterocycles. The molecule has 2 heterocycles. The molecule has 1 aliphatic carbocycles. The van der Waals surface area contributed by atoms with E-state index in [4.69, 9.17) is 16.2 Å². The molecule has 1 fully saturated rings. The third kappa shape index (κ3) is 5.32. The molecular formula is C29H30N6O4S. The van der Waals surface area contributed by atoms with Gasteiger partial charge in [-0.3, -0.25) is 24.3 Å². The fourth-order valence-electron chi connectivity index (χ4n) is 5.14. The Morgan fingerprint density at radius 2 is 1.85 bits per heavy atom. The predicted octanol–water partition coefficient (Wildman–Crippen LogP) is 4.22. The van der Waals surface area contributed by atoms with Gasteiger partial charge in [0, 0.05) is 17.6 Å². The molecule has 0 aliphatic heterocycles. The number of hydrogen-bond acceptors (Lipinski definition) is 8. The number of anilines is 2. The van der Waals surface area contributed by atoms with Crippen LogP contribution in [0.4, 0.5) is 11.4 Å². The number of aromatic nitrogens is 2. The first kappa shape index (κ1) is 27.1. The number of pyridine rings is 1. The largest absolute Gasteiger partial charge is 0.495 e. The first-order valence-electron chi connectivity index (χ1n) is 13.1. The Kier molecular flexibility index (Phi) is 7.92. The van der Waals surface area contributed by atoms with Crippen LogP contribution < -0.4 is 26.4 Å². The molecule has 0 spiro atoms. The highest BCUT2D eigenvalue weighted by Crippen LogP contribution is 2.38. The van der Waals surface area contributed by atoms with Gasteiger partial charge in [-0.25, -0.2) is 0 Å². The SMILES string of the molecule is COc1ccccc1N(C(=O)c1snc(C(N)=O)c1N)[C@@H](C(=O)NC1CCCCC1)c1ccc2ncccc2c1. The summed E-state index contributed by atoms with van der Waals surface area (Å²) < 4.78 is 9.64. The van der Waals surface area contributed by atoms with Gasteiger partial charge in [0.05, 0.1) is 24.0 Å². The quantitative estimate of drug-likeness (QED) is 0.293. The second kappa shape index (κ2) is 11.7. The molecule has 2 aromatic heterocycles. The Hall–Kier alpha value is -4.51. The van der Waals surface area contributed by atoms with E-state index >= 15 is 0 Å². The molecule has 1 aliphatic rings. The van der Waals surface area contributed by atoms with Gasteiger partial charge in [0.2, 0.25) is 5.91 Å². The number of nitrogens with zero attached hydrogens (tertiary/aromatic N) is 3. The molecule has 5 N–H and O–H groups in total. The van der Waals surface area contributed by atoms with Crippen molar-refractivity contribution < 1.29 is 19.1 Å². The van der Waals surface area contributed by atoms with Crippen molar-refractivity contribution in [3.63, 3.8) is 0 Å². The summed E-state index contributed by atoms with van der Waals surface area (Å²) in [6.07, 6.45) is 6.62. The van der Waals surface area contributed by atoms with Gasteiger partial charge >= 0.3 is 0 Å². The molecule has 4 aromatic rings. The molecule has 11 heteroatoms. The third-order valence-electron chi connectivity index (χ3n) is 7.12. The maximum atomic E-state index is 14.4. The lowest BCUT2D eigenvalue weighted by molar-refractivity contribution is -0.123. The van der Waals surface area contributed by atoms with Crippen molar-refractivity contribution in [3.8, 4) is 5.75 Å². The Morgan fingerprint density at radius 1 is 1.07 bits per heavy atom. The number of fused-ring (bicyclic) bond motifs is 1. The first-order valence-corrected chi connectivity index (χ1v) is 13.8. The van der Waals surface area contributed by atoms with E-state index in [9.17, 15) is 14.4 Å². The van der Waals surface area contributed by atoms with Gasteiger partial charge in [-0.2, -0.15) is 4.37 Å². The number of primary amides is 1. The van der Waals surface area contributed by atoms with Crippen molar-refractivity contribution in [2.45, 2.75) is 44.2 Å². The van der Waals surface area contributed by atoms with Gasteiger partial charge < -0.3 is 21.5 Å². The molecule has 10 nitrogen and oxygen atoms in total. The highest BCUT2D eigenvalue weighted by atomic mass is 32.1. The Balaban J connectivity index is 1.69. The van der Waals surface area contributed by atoms with Crippen molar-refractivity contribution in [1.29, 1.82) is 0 Å². The zero-order chi connectivity index (χ0) is 28.2. The average Bonchev–Trinajstić information content (AvgIpc) is 3.37. The molecule has 1 atom stereocenters. The number of hydrogen-bond donors (Lipinski definition) is 3. The van der Waals surface area contributed by atoms with E-state index in [0.29, 0.717) is 17.0 Å². The van der Waals surface area contributed by atoms with Gasteiger partial charge in [0.25, 0.3) is 11.8 Å². The number of nitrogens with one attached hydrogen (secondary N) is 1. The number of carbonyl (C=O) groups is 3. The average molecular weight is 559 g/mol. The highest BCUT2D eigenvalue weighted by Gasteiger charge is 2.38. The maximum Gasteiger partial charge on any atom is 0.273 e. The second-order valence-corrected chi connectivity index (χ2v) is 10.5. The molecule has 5 rings (SSSR count). The standard InChI is InChI=1S/C29H30N6O4S/c1-39-22-12-6-5-11-21(22)35(29(38)26-23(30)24(27(31)36)34-40-26)25(28(37)33-19-9-3-2-4-10-19)18-13-14-20-17(16-18)8-7-15-32-20/h5-8,11-16,19,25H,2-4,9-10,30H2,1H3,(H2,31,36)(H,33,37)/t25-/m1/s1. The first-order chi connectivity index (χ1) is 19.4. The second-order valence-electron chi connectivity index (χ2n) is 9.69. The number of rotatable bonds is 8. The number of carbonyl (C=O) groups excluding carboxylic acids is 3. The van der Waals surface area contributed by atoms with Crippen LogP contribution in [0.5, 0.6) is 5.75 Å². The number of ether oxygens (including phenoxy) is 1. The van der Waals surface area contributed by atoms with E-state index < -0.39 is 17.9 Å². The van der Waals surface area contributed by atoms with E-state index in [1.807, 2.05) is 24.3 Å². The van der Waals surface area contributed by atoms with Crippen LogP contribution in [0, 0.1) is 0 Å². The molecule has 2 aromatic carbocycles. The van der Waals surface area contributed by atoms with Crippen LogP contribution >= 0.6 is 11.5 Å². The minimum atomic E-state index is -1.10. The van der Waals surface area contributed by atoms with E-state index in [1.165, 1.54) is 12.0 Å². The predicted molar refractivity (Wildman–Crippen MR) is 154 cm³/mol. The molecule has 1 saturated carbocycles. The number of para-hydroxylation sites is 2. The maximum absolute atomic E-state index is 14.4. The molecule has 0 bridgehead atoms. The number of methoxy groups -OCH3 is 1. The number of nitrogen functional groups attached to an aromatic ring is 1. The summed E-state index contributed by atoms with van der Waals surface area (Å²) in [5.41, 5.74) is 13.0. The smallest absolute Gasteiger partial charge is 0.273 e. The van der Waals surface area contributed by atoms with Crippen molar-refractivity contribution in [2.75, 3.05) is 17.7 Å². The number of benzene rings is 2. The Morgan fingerprint density at radius 3 is 2.58 bits per heavy atom. The monoisotopic (exact) mass is 558 g/mol. The van der Waals surface area contributed by atoms with Crippen LogP contribution in [-0.4, -0.2) is 40.2 Å². The summed E-state index contributed by atoms with van der Waals surface area (Å²) in [7, 11) is 1.49. The van der Waals surface area contributed by atoms with E-state index in [-0.39, 0.29) is 28.2 Å². The van der Waals surface area contributed by atoms with E-state index in [2.05, 4.69) is 14.7 Å². The molecule has 0 radical (unpaired) electrons. The number of amides is 3. The lowest BCUT2D eigenvalue weighted by atomic mass is 9.94. The van der Waals surface area contributed by atoms with Crippen molar-refractivity contribution in [3.05, 3.63) is 76.9 Å². The van der Waals surface area contributed by atoms with Gasteiger partial charge in [0.1, 0.15) is 16.7 Å². The van der Waals surface area contributed by atoms with Crippen LogP contribution in [0.2, 0.25) is 0 Å². The minimum Gasteiger partial charge on any atom is -0.495 e. The van der Waals surface area contributed by atoms with Crippen LogP contribution in [0.15, 0.2) is 60.8 Å². The molecule has 40 heavy (non-hydrogen) atoms. The van der Waals surface area contributed by atoms with E-state index in [1.54, 1.807) is 36.5 Å². The van der Waals surface area contributed by atoms with Gasteiger partial charge in [-0.1, -0.05) is 43.5 Å². The summed E-state index contributed by atoms with van der Waals surface area (Å²) >= 11 is 0.762. The normalized spacial score (nSPS) is 14.4. The zero-order valence-electron chi connectivity index (χ0n) is 22.0. The third-order valence-corrected chi connectivity index (χ3v) is 7.97. The van der Waals surface area contributed by atoms with E-state index in [0.717, 1.165) is 54.5 Å². The molecule has 0 unspecified atom stereocenters. The van der Waals surface area contributed by atoms with Gasteiger partial charge in [-0.15, -0.1) is 0 Å². The van der Waals surface area contributed by atoms with Crippen molar-refractivity contribution in [2.24, 2.45) is 5.73 Å². The van der Waals surface area contributed by atoms with Crippen molar-refractivity contribution in [1.82, 2.24) is 14.7 Å². The van der Waals surface area contributed by atoms with Crippen molar-refractivity contribution >= 4 is 51.5 Å². The van der Waals surface area contributed by atoms with Gasteiger partial charge in [0.15, 0.2) is 5.69 Å². The fourth-order valence-corrected chi connectivity index (χ4v) is 5.88. The summed E-state index contributed by atoms with van der Waals surface area (Å²) in [5, 5.41) is 4.01. The van der Waals surface area contributed by atoms with Gasteiger partial charge in [-0.05, 0) is 60.3 Å². The summed E-state index contributed by atoms with van der Waals surface area (Å²) in [5.74, 6) is -1.41. The summed E-state index contributed by atoms with van der Waals surface area (Å²) in [4.78, 5) is 46.2.